The molecule has 2 aromatic carbocycles. The van der Waals surface area contributed by atoms with Crippen LogP contribution in [0.25, 0.3) is 16.7 Å². The molecule has 1 heterocycles. The maximum Gasteiger partial charge on any atom is 0.166 e. The normalized spacial score (nSPS) is 11.0. The van der Waals surface area contributed by atoms with Crippen molar-refractivity contribution in [2.45, 2.75) is 6.54 Å². The summed E-state index contributed by atoms with van der Waals surface area (Å²) in [5.74, 6) is -0.0440. The molecule has 6 nitrogen and oxygen atoms in total. The molecule has 0 aliphatic rings. The second-order valence-corrected chi connectivity index (χ2v) is 4.24. The molecule has 1 aromatic heterocycles. The van der Waals surface area contributed by atoms with Gasteiger partial charge in [-0.15, -0.1) is 15.0 Å². The third kappa shape index (κ3) is 1.88. The molecule has 0 unspecified atom stereocenters. The lowest BCUT2D eigenvalue weighted by molar-refractivity contribution is 0.470. The zero-order valence-corrected chi connectivity index (χ0v) is 10.1. The molecular weight excluding hydrogens is 242 g/mol. The molecule has 0 atom stereocenters. The Labute approximate surface area is 109 Å². The van der Waals surface area contributed by atoms with Crippen molar-refractivity contribution in [3.8, 4) is 11.4 Å². The molecule has 3 rings (SSSR count). The van der Waals surface area contributed by atoms with Gasteiger partial charge in [-0.25, -0.2) is 0 Å². The van der Waals surface area contributed by atoms with Crippen LogP contribution >= 0.6 is 0 Å². The van der Waals surface area contributed by atoms with Gasteiger partial charge in [0.2, 0.25) is 0 Å². The quantitative estimate of drug-likeness (QED) is 0.471. The smallest absolute Gasteiger partial charge is 0.166 e. The number of phenols is 1. The van der Waals surface area contributed by atoms with E-state index in [-0.39, 0.29) is 11.4 Å². The van der Waals surface area contributed by atoms with Crippen molar-refractivity contribution < 1.29 is 5.11 Å². The summed E-state index contributed by atoms with van der Waals surface area (Å²) in [5.41, 5.74) is 14.4. The number of nitrogens with two attached hydrogens (primary N) is 2. The zero-order valence-electron chi connectivity index (χ0n) is 10.1. The highest BCUT2D eigenvalue weighted by Crippen LogP contribution is 2.29. The number of hydrogen-bond acceptors (Lipinski definition) is 5. The zero-order chi connectivity index (χ0) is 13.4. The van der Waals surface area contributed by atoms with Crippen molar-refractivity contribution in [3.05, 3.63) is 42.0 Å². The maximum absolute atomic E-state index is 10.0. The highest BCUT2D eigenvalue weighted by atomic mass is 16.3. The van der Waals surface area contributed by atoms with Gasteiger partial charge in [0.05, 0.1) is 5.69 Å². The van der Waals surface area contributed by atoms with Crippen molar-refractivity contribution in [1.29, 1.82) is 0 Å². The number of anilines is 1. The maximum atomic E-state index is 10.0. The van der Waals surface area contributed by atoms with E-state index in [1.807, 2.05) is 24.3 Å². The molecule has 0 aliphatic carbocycles. The van der Waals surface area contributed by atoms with Crippen LogP contribution in [0.15, 0.2) is 36.4 Å². The molecule has 96 valence electrons. The van der Waals surface area contributed by atoms with E-state index in [2.05, 4.69) is 10.2 Å². The number of hydrogen-bond donors (Lipinski definition) is 3. The summed E-state index contributed by atoms with van der Waals surface area (Å²) in [4.78, 5) is 1.37. The van der Waals surface area contributed by atoms with Crippen molar-refractivity contribution in [2.75, 3.05) is 5.73 Å². The van der Waals surface area contributed by atoms with E-state index >= 15 is 0 Å². The summed E-state index contributed by atoms with van der Waals surface area (Å²) in [5, 5.41) is 18.6. The van der Waals surface area contributed by atoms with Gasteiger partial charge in [-0.3, -0.25) is 0 Å². The second kappa shape index (κ2) is 4.25. The average molecular weight is 255 g/mol. The van der Waals surface area contributed by atoms with Crippen LogP contribution in [0.3, 0.4) is 0 Å². The highest BCUT2D eigenvalue weighted by molar-refractivity contribution is 5.74. The number of aromatic hydroxyl groups is 1. The summed E-state index contributed by atoms with van der Waals surface area (Å²) < 4.78 is 0. The second-order valence-electron chi connectivity index (χ2n) is 4.24. The van der Waals surface area contributed by atoms with Crippen molar-refractivity contribution in [1.82, 2.24) is 15.0 Å². The van der Waals surface area contributed by atoms with Gasteiger partial charge in [0.15, 0.2) is 5.75 Å². The number of nitrogen functional groups attached to an aromatic ring is 1. The van der Waals surface area contributed by atoms with E-state index < -0.39 is 0 Å². The summed E-state index contributed by atoms with van der Waals surface area (Å²) >= 11 is 0. The fourth-order valence-corrected chi connectivity index (χ4v) is 1.94. The lowest BCUT2D eigenvalue weighted by atomic mass is 10.1. The number of rotatable bonds is 2. The van der Waals surface area contributed by atoms with Gasteiger partial charge in [-0.05, 0) is 29.8 Å². The number of fused-ring (bicyclic) bond motifs is 1. The largest absolute Gasteiger partial charge is 0.504 e. The minimum atomic E-state index is -0.0440. The average Bonchev–Trinajstić information content (AvgIpc) is 2.85. The third-order valence-electron chi connectivity index (χ3n) is 2.92. The Kier molecular flexibility index (Phi) is 2.57. The lowest BCUT2D eigenvalue weighted by Gasteiger charge is -2.08. The molecule has 0 aliphatic heterocycles. The first-order valence-electron chi connectivity index (χ1n) is 5.83. The van der Waals surface area contributed by atoms with E-state index in [9.17, 15) is 5.11 Å². The molecule has 0 amide bonds. The first kappa shape index (κ1) is 11.5. The van der Waals surface area contributed by atoms with Crippen LogP contribution in [-0.2, 0) is 6.54 Å². The fraction of sp³-hybridized carbons (Fsp3) is 0.0769. The molecule has 0 saturated heterocycles. The molecule has 5 N–H and O–H groups in total. The van der Waals surface area contributed by atoms with Crippen LogP contribution in [0.1, 0.15) is 5.56 Å². The number of phenolic OH excluding ortho intramolecular Hbond substituents is 1. The Bertz CT molecular complexity index is 717. The summed E-state index contributed by atoms with van der Waals surface area (Å²) in [7, 11) is 0. The molecule has 0 bridgehead atoms. The number of benzene rings is 2. The summed E-state index contributed by atoms with van der Waals surface area (Å²) in [6.07, 6.45) is 0. The number of nitrogens with zero attached hydrogens (tertiary/aromatic N) is 3. The van der Waals surface area contributed by atoms with Gasteiger partial charge in [-0.2, -0.15) is 0 Å². The van der Waals surface area contributed by atoms with Crippen LogP contribution in [0.4, 0.5) is 5.69 Å². The Morgan fingerprint density at radius 2 is 1.74 bits per heavy atom. The Morgan fingerprint density at radius 1 is 1.11 bits per heavy atom. The standard InChI is InChI=1S/C13H13N5O/c14-7-8-5-9(15)13(19)12(6-8)18-16-10-3-1-2-4-11(10)17-18/h1-6,19H,7,14-15H2. The topological polar surface area (TPSA) is 103 Å². The van der Waals surface area contributed by atoms with Gasteiger partial charge >= 0.3 is 0 Å². The van der Waals surface area contributed by atoms with Crippen molar-refractivity contribution in [2.24, 2.45) is 5.73 Å². The van der Waals surface area contributed by atoms with E-state index in [1.54, 1.807) is 12.1 Å². The van der Waals surface area contributed by atoms with Gasteiger partial charge < -0.3 is 16.6 Å². The molecule has 0 saturated carbocycles. The lowest BCUT2D eigenvalue weighted by Crippen LogP contribution is -2.04. The van der Waals surface area contributed by atoms with Crippen molar-refractivity contribution in [3.63, 3.8) is 0 Å². The van der Waals surface area contributed by atoms with Gasteiger partial charge in [0.25, 0.3) is 0 Å². The van der Waals surface area contributed by atoms with Crippen LogP contribution in [0.5, 0.6) is 5.75 Å². The van der Waals surface area contributed by atoms with Crippen LogP contribution in [-0.4, -0.2) is 20.1 Å². The number of aromatic nitrogens is 3. The highest BCUT2D eigenvalue weighted by Gasteiger charge is 2.12. The Hall–Kier alpha value is -2.60. The van der Waals surface area contributed by atoms with Crippen LogP contribution < -0.4 is 11.5 Å². The van der Waals surface area contributed by atoms with Gasteiger partial charge in [0.1, 0.15) is 16.7 Å². The third-order valence-corrected chi connectivity index (χ3v) is 2.92. The minimum Gasteiger partial charge on any atom is -0.504 e. The molecule has 0 spiro atoms. The molecule has 6 heteroatoms. The predicted octanol–water partition coefficient (Wildman–Crippen LogP) is 1.17. The first-order valence-corrected chi connectivity index (χ1v) is 5.83. The molecular formula is C13H13N5O. The summed E-state index contributed by atoms with van der Waals surface area (Å²) in [6.45, 7) is 0.332. The van der Waals surface area contributed by atoms with E-state index in [0.717, 1.165) is 16.6 Å². The Balaban J connectivity index is 2.23. The minimum absolute atomic E-state index is 0.0440. The monoisotopic (exact) mass is 255 g/mol. The SMILES string of the molecule is NCc1cc(N)c(O)c(-n2nc3ccccc3n2)c1. The molecule has 3 aromatic rings. The van der Waals surface area contributed by atoms with Gasteiger partial charge in [0, 0.05) is 6.54 Å². The predicted molar refractivity (Wildman–Crippen MR) is 72.8 cm³/mol. The first-order chi connectivity index (χ1) is 9.19. The molecule has 0 fully saturated rings. The summed E-state index contributed by atoms with van der Waals surface area (Å²) in [6, 6.07) is 10.8. The fourth-order valence-electron chi connectivity index (χ4n) is 1.94. The molecule has 0 radical (unpaired) electrons. The van der Waals surface area contributed by atoms with Crippen LogP contribution in [0, 0.1) is 0 Å². The Morgan fingerprint density at radius 3 is 2.32 bits per heavy atom. The van der Waals surface area contributed by atoms with E-state index in [1.165, 1.54) is 4.80 Å². The van der Waals surface area contributed by atoms with Crippen molar-refractivity contribution >= 4 is 16.7 Å². The van der Waals surface area contributed by atoms with Crippen LogP contribution in [0.2, 0.25) is 0 Å². The molecule has 19 heavy (non-hydrogen) atoms. The van der Waals surface area contributed by atoms with E-state index in [4.69, 9.17) is 11.5 Å². The van der Waals surface area contributed by atoms with Gasteiger partial charge in [-0.1, -0.05) is 12.1 Å². The van der Waals surface area contributed by atoms with E-state index in [0.29, 0.717) is 12.2 Å².